The van der Waals surface area contributed by atoms with E-state index in [4.69, 9.17) is 16.3 Å². The quantitative estimate of drug-likeness (QED) is 0.922. The maximum absolute atomic E-state index is 11.7. The summed E-state index contributed by atoms with van der Waals surface area (Å²) in [5.41, 5.74) is 0.0159. The van der Waals surface area contributed by atoms with Crippen LogP contribution >= 0.6 is 0 Å². The standard InChI is InChI=1S/C16H21NO3/c1-19-14-7-6-11(12-9-16(18)17-10-12)8-15(14)20-13-4-2-3-5-13/h6-8,12-13H,2-5,9-10H2,1H3,(H,17,18)/i6D,7D,8D,10D2. The van der Waals surface area contributed by atoms with Gasteiger partial charge in [0.1, 0.15) is 0 Å². The smallest absolute Gasteiger partial charge is 0.220 e. The lowest BCUT2D eigenvalue weighted by atomic mass is 9.98. The largest absolute Gasteiger partial charge is 0.493 e. The fourth-order valence-electron chi connectivity index (χ4n) is 2.59. The molecule has 2 aliphatic rings. The first kappa shape index (κ1) is 8.55. The second-order valence-corrected chi connectivity index (χ2v) is 5.12. The zero-order chi connectivity index (χ0) is 18.4. The van der Waals surface area contributed by atoms with Crippen molar-refractivity contribution in [3.63, 3.8) is 0 Å². The van der Waals surface area contributed by atoms with Crippen molar-refractivity contribution in [3.05, 3.63) is 23.7 Å². The Bertz CT molecular complexity index is 704. The molecule has 0 bridgehead atoms. The van der Waals surface area contributed by atoms with Crippen LogP contribution in [0.4, 0.5) is 0 Å². The van der Waals surface area contributed by atoms with Gasteiger partial charge in [0.15, 0.2) is 11.5 Å². The Kier molecular flexibility index (Phi) is 2.45. The molecule has 108 valence electrons. The van der Waals surface area contributed by atoms with E-state index in [2.05, 4.69) is 5.32 Å². The van der Waals surface area contributed by atoms with Gasteiger partial charge in [-0.05, 0) is 43.3 Å². The first-order valence-corrected chi connectivity index (χ1v) is 6.91. The van der Waals surface area contributed by atoms with E-state index in [0.717, 1.165) is 25.7 Å². The third-order valence-electron chi connectivity index (χ3n) is 3.68. The number of methoxy groups -OCH3 is 1. The SMILES string of the molecule is [2H]c1c([2H])c(C2CC(=O)NC2([2H])[2H])c([2H])c(OC2CCCC2)c1OC. The number of amides is 1. The number of hydrogen-bond donors (Lipinski definition) is 1. The number of ether oxygens (including phenoxy) is 2. The summed E-state index contributed by atoms with van der Waals surface area (Å²) < 4.78 is 52.0. The second-order valence-electron chi connectivity index (χ2n) is 5.12. The fourth-order valence-corrected chi connectivity index (χ4v) is 2.59. The van der Waals surface area contributed by atoms with Crippen molar-refractivity contribution in [2.24, 2.45) is 0 Å². The van der Waals surface area contributed by atoms with E-state index in [0.29, 0.717) is 0 Å². The normalized spacial score (nSPS) is 28.9. The van der Waals surface area contributed by atoms with Gasteiger partial charge in [-0.25, -0.2) is 0 Å². The maximum Gasteiger partial charge on any atom is 0.220 e. The van der Waals surface area contributed by atoms with Crippen LogP contribution in [0.25, 0.3) is 0 Å². The van der Waals surface area contributed by atoms with Crippen molar-refractivity contribution in [2.75, 3.05) is 13.6 Å². The Morgan fingerprint density at radius 2 is 2.15 bits per heavy atom. The lowest BCUT2D eigenvalue weighted by Crippen LogP contribution is -2.14. The van der Waals surface area contributed by atoms with Crippen molar-refractivity contribution in [3.8, 4) is 11.5 Å². The van der Waals surface area contributed by atoms with Crippen LogP contribution in [0.15, 0.2) is 18.1 Å². The van der Waals surface area contributed by atoms with Gasteiger partial charge in [-0.3, -0.25) is 4.79 Å². The molecule has 0 spiro atoms. The molecule has 1 aliphatic heterocycles. The molecule has 4 nitrogen and oxygen atoms in total. The van der Waals surface area contributed by atoms with Gasteiger partial charge in [-0.2, -0.15) is 0 Å². The molecule has 1 N–H and O–H groups in total. The zero-order valence-electron chi connectivity index (χ0n) is 16.4. The third-order valence-corrected chi connectivity index (χ3v) is 3.68. The molecule has 20 heavy (non-hydrogen) atoms. The third kappa shape index (κ3) is 2.74. The van der Waals surface area contributed by atoms with E-state index in [9.17, 15) is 4.79 Å². The van der Waals surface area contributed by atoms with Gasteiger partial charge < -0.3 is 14.8 Å². The highest BCUT2D eigenvalue weighted by molar-refractivity contribution is 5.79. The molecular formula is C16H21NO3. The molecule has 1 heterocycles. The molecular weight excluding hydrogens is 254 g/mol. The van der Waals surface area contributed by atoms with E-state index < -0.39 is 18.3 Å². The number of benzene rings is 1. The van der Waals surface area contributed by atoms with Crippen molar-refractivity contribution >= 4 is 5.91 Å². The lowest BCUT2D eigenvalue weighted by Gasteiger charge is -2.18. The molecule has 2 fully saturated rings. The molecule has 4 heteroatoms. The summed E-state index contributed by atoms with van der Waals surface area (Å²) in [6.45, 7) is -2.08. The Morgan fingerprint density at radius 1 is 1.35 bits per heavy atom. The van der Waals surface area contributed by atoms with Crippen LogP contribution in [0.5, 0.6) is 11.5 Å². The van der Waals surface area contributed by atoms with E-state index in [-0.39, 0.29) is 47.7 Å². The Balaban J connectivity index is 2.12. The van der Waals surface area contributed by atoms with E-state index >= 15 is 0 Å². The number of carbonyl (C=O) groups is 1. The number of carbonyl (C=O) groups excluding carboxylic acids is 1. The summed E-state index contributed by atoms with van der Waals surface area (Å²) in [4.78, 5) is 11.7. The fraction of sp³-hybridized carbons (Fsp3) is 0.562. The molecule has 0 aromatic heterocycles. The molecule has 0 radical (unpaired) electrons. The van der Waals surface area contributed by atoms with E-state index in [1.165, 1.54) is 7.11 Å². The van der Waals surface area contributed by atoms with Gasteiger partial charge in [0.2, 0.25) is 5.91 Å². The molecule has 1 aliphatic carbocycles. The molecule has 1 saturated carbocycles. The summed E-state index contributed by atoms with van der Waals surface area (Å²) in [6, 6.07) is -0.724. The zero-order valence-corrected chi connectivity index (χ0v) is 11.4. The van der Waals surface area contributed by atoms with Crippen molar-refractivity contribution in [1.29, 1.82) is 0 Å². The molecule has 1 saturated heterocycles. The average Bonchev–Trinajstić information content (AvgIpc) is 3.13. The minimum atomic E-state index is -2.08. The summed E-state index contributed by atoms with van der Waals surface area (Å²) in [5, 5.41) is 2.23. The van der Waals surface area contributed by atoms with Crippen molar-refractivity contribution < 1.29 is 21.1 Å². The Hall–Kier alpha value is -1.71. The van der Waals surface area contributed by atoms with Crippen LogP contribution in [0.2, 0.25) is 0 Å². The first-order chi connectivity index (χ1) is 11.8. The Labute approximate surface area is 126 Å². The van der Waals surface area contributed by atoms with Crippen molar-refractivity contribution in [2.45, 2.75) is 44.1 Å². The monoisotopic (exact) mass is 280 g/mol. The van der Waals surface area contributed by atoms with Gasteiger partial charge in [0, 0.05) is 21.6 Å². The highest BCUT2D eigenvalue weighted by Gasteiger charge is 2.25. The minimum absolute atomic E-state index is 0.0159. The van der Waals surface area contributed by atoms with Gasteiger partial charge in [-0.1, -0.05) is 6.04 Å². The van der Waals surface area contributed by atoms with Crippen LogP contribution in [-0.2, 0) is 4.79 Å². The van der Waals surface area contributed by atoms with Crippen LogP contribution in [0.1, 0.15) is 50.4 Å². The number of hydrogen-bond acceptors (Lipinski definition) is 3. The maximum atomic E-state index is 11.7. The van der Waals surface area contributed by atoms with Crippen LogP contribution in [-0.4, -0.2) is 25.6 Å². The van der Waals surface area contributed by atoms with Crippen LogP contribution in [0, 0.1) is 0 Å². The molecule has 1 amide bonds. The van der Waals surface area contributed by atoms with E-state index in [1.807, 2.05) is 0 Å². The molecule has 1 atom stereocenters. The summed E-state index contributed by atoms with van der Waals surface area (Å²) >= 11 is 0. The predicted octanol–water partition coefficient (Wildman–Crippen LogP) is 2.62. The first-order valence-electron chi connectivity index (χ1n) is 9.41. The second kappa shape index (κ2) is 5.73. The lowest BCUT2D eigenvalue weighted by molar-refractivity contribution is -0.119. The van der Waals surface area contributed by atoms with Gasteiger partial charge in [0.25, 0.3) is 0 Å². The molecule has 3 rings (SSSR count). The average molecular weight is 280 g/mol. The number of nitrogens with one attached hydrogen (secondary N) is 1. The van der Waals surface area contributed by atoms with Crippen LogP contribution in [0.3, 0.4) is 0 Å². The Morgan fingerprint density at radius 3 is 2.80 bits per heavy atom. The van der Waals surface area contributed by atoms with Gasteiger partial charge in [-0.15, -0.1) is 0 Å². The van der Waals surface area contributed by atoms with Crippen LogP contribution < -0.4 is 14.8 Å². The molecule has 1 aromatic carbocycles. The highest BCUT2D eigenvalue weighted by Crippen LogP contribution is 2.35. The van der Waals surface area contributed by atoms with Gasteiger partial charge >= 0.3 is 0 Å². The van der Waals surface area contributed by atoms with Gasteiger partial charge in [0.05, 0.1) is 17.3 Å². The topological polar surface area (TPSA) is 47.6 Å². The number of rotatable bonds is 4. The molecule has 1 aromatic rings. The van der Waals surface area contributed by atoms with Crippen molar-refractivity contribution in [1.82, 2.24) is 5.32 Å². The summed E-state index contributed by atoms with van der Waals surface area (Å²) in [5.74, 6) is -1.40. The molecule has 1 unspecified atom stereocenters. The summed E-state index contributed by atoms with van der Waals surface area (Å²) in [7, 11) is 1.35. The minimum Gasteiger partial charge on any atom is -0.493 e. The van der Waals surface area contributed by atoms with E-state index in [1.54, 1.807) is 0 Å². The highest BCUT2D eigenvalue weighted by atomic mass is 16.5. The predicted molar refractivity (Wildman–Crippen MR) is 76.2 cm³/mol. The summed E-state index contributed by atoms with van der Waals surface area (Å²) in [6.07, 6.45) is 3.50.